The van der Waals surface area contributed by atoms with Crippen LogP contribution in [0.5, 0.6) is 0 Å². The Morgan fingerprint density at radius 3 is 2.62 bits per heavy atom. The van der Waals surface area contributed by atoms with Crippen LogP contribution in [-0.4, -0.2) is 26.8 Å². The SMILES string of the molecule is Cn1[nH]c(=O)cc1C(=O)N/N=C/c1ccc([N+](=O)[O-])cc1. The minimum Gasteiger partial charge on any atom is -0.283 e. The molecule has 0 aliphatic rings. The number of H-pyrrole nitrogens is 1. The molecule has 0 spiro atoms. The summed E-state index contributed by atoms with van der Waals surface area (Å²) < 4.78 is 1.28. The normalized spacial score (nSPS) is 10.7. The topological polar surface area (TPSA) is 122 Å². The fraction of sp³-hybridized carbons (Fsp3) is 0.0833. The van der Waals surface area contributed by atoms with Gasteiger partial charge in [-0.2, -0.15) is 5.10 Å². The minimum atomic E-state index is -0.547. The highest BCUT2D eigenvalue weighted by atomic mass is 16.6. The van der Waals surface area contributed by atoms with Gasteiger partial charge < -0.3 is 0 Å². The van der Waals surface area contributed by atoms with Crippen molar-refractivity contribution in [2.24, 2.45) is 12.1 Å². The summed E-state index contributed by atoms with van der Waals surface area (Å²) in [6, 6.07) is 6.81. The molecule has 108 valence electrons. The summed E-state index contributed by atoms with van der Waals surface area (Å²) >= 11 is 0. The number of aromatic nitrogens is 2. The summed E-state index contributed by atoms with van der Waals surface area (Å²) in [5, 5.41) is 16.6. The summed E-state index contributed by atoms with van der Waals surface area (Å²) in [6.07, 6.45) is 1.34. The molecule has 2 rings (SSSR count). The van der Waals surface area contributed by atoms with Gasteiger partial charge in [0, 0.05) is 25.2 Å². The lowest BCUT2D eigenvalue weighted by atomic mass is 10.2. The second-order valence-electron chi connectivity index (χ2n) is 4.11. The summed E-state index contributed by atoms with van der Waals surface area (Å²) in [4.78, 5) is 32.8. The van der Waals surface area contributed by atoms with Gasteiger partial charge >= 0.3 is 0 Å². The number of benzene rings is 1. The van der Waals surface area contributed by atoms with E-state index in [9.17, 15) is 19.7 Å². The highest BCUT2D eigenvalue weighted by Crippen LogP contribution is 2.10. The number of carbonyl (C=O) groups excluding carboxylic acids is 1. The molecule has 0 saturated heterocycles. The first-order valence-corrected chi connectivity index (χ1v) is 5.81. The Balaban J connectivity index is 2.02. The van der Waals surface area contributed by atoms with Gasteiger partial charge in [-0.25, -0.2) is 5.43 Å². The number of aromatic amines is 1. The molecule has 0 bridgehead atoms. The number of carbonyl (C=O) groups is 1. The van der Waals surface area contributed by atoms with Gasteiger partial charge in [0.25, 0.3) is 17.2 Å². The van der Waals surface area contributed by atoms with Gasteiger partial charge in [0.15, 0.2) is 0 Å². The maximum Gasteiger partial charge on any atom is 0.289 e. The van der Waals surface area contributed by atoms with Gasteiger partial charge in [-0.3, -0.25) is 29.5 Å². The number of hydrogen-bond donors (Lipinski definition) is 2. The highest BCUT2D eigenvalue weighted by Gasteiger charge is 2.09. The largest absolute Gasteiger partial charge is 0.289 e. The van der Waals surface area contributed by atoms with Crippen LogP contribution >= 0.6 is 0 Å². The van der Waals surface area contributed by atoms with E-state index in [1.807, 2.05) is 0 Å². The number of nitro groups is 1. The number of nitrogens with one attached hydrogen (secondary N) is 2. The predicted molar refractivity (Wildman–Crippen MR) is 74.2 cm³/mol. The van der Waals surface area contributed by atoms with Gasteiger partial charge in [-0.15, -0.1) is 0 Å². The van der Waals surface area contributed by atoms with Crippen molar-refractivity contribution in [1.82, 2.24) is 15.2 Å². The van der Waals surface area contributed by atoms with E-state index in [1.165, 1.54) is 42.2 Å². The summed E-state index contributed by atoms with van der Waals surface area (Å²) in [7, 11) is 1.52. The lowest BCUT2D eigenvalue weighted by Gasteiger charge is -2.00. The van der Waals surface area contributed by atoms with E-state index in [1.54, 1.807) is 0 Å². The minimum absolute atomic E-state index is 0.0292. The number of nitrogens with zero attached hydrogens (tertiary/aromatic N) is 3. The molecule has 0 saturated carbocycles. The number of aryl methyl sites for hydroxylation is 1. The smallest absolute Gasteiger partial charge is 0.283 e. The van der Waals surface area contributed by atoms with Crippen molar-refractivity contribution >= 4 is 17.8 Å². The van der Waals surface area contributed by atoms with E-state index in [2.05, 4.69) is 15.6 Å². The van der Waals surface area contributed by atoms with Gasteiger partial charge in [-0.1, -0.05) is 0 Å². The number of amides is 1. The molecule has 0 aliphatic heterocycles. The molecular formula is C12H11N5O4. The van der Waals surface area contributed by atoms with Gasteiger partial charge in [-0.05, 0) is 17.7 Å². The van der Waals surface area contributed by atoms with Crippen LogP contribution in [0.3, 0.4) is 0 Å². The standard InChI is InChI=1S/C12H11N5O4/c1-16-10(6-11(18)15-16)12(19)14-13-7-8-2-4-9(5-3-8)17(20)21/h2-7H,1H3,(H,14,19)(H,15,18)/b13-7+. The molecule has 1 aromatic carbocycles. The van der Waals surface area contributed by atoms with Crippen LogP contribution < -0.4 is 11.0 Å². The molecular weight excluding hydrogens is 278 g/mol. The zero-order chi connectivity index (χ0) is 15.4. The number of non-ortho nitro benzene ring substituents is 1. The Bertz CT molecular complexity index is 757. The molecule has 0 fully saturated rings. The van der Waals surface area contributed by atoms with Crippen LogP contribution in [0.1, 0.15) is 16.1 Å². The third-order valence-corrected chi connectivity index (χ3v) is 2.62. The summed E-state index contributed by atoms with van der Waals surface area (Å²) in [5.41, 5.74) is 2.57. The zero-order valence-corrected chi connectivity index (χ0v) is 10.9. The Kier molecular flexibility index (Phi) is 3.93. The molecule has 0 atom stereocenters. The average Bonchev–Trinajstić information content (AvgIpc) is 2.78. The van der Waals surface area contributed by atoms with Crippen LogP contribution in [0.2, 0.25) is 0 Å². The predicted octanol–water partition coefficient (Wildman–Crippen LogP) is 0.385. The van der Waals surface area contributed by atoms with Crippen molar-refractivity contribution in [3.63, 3.8) is 0 Å². The maximum atomic E-state index is 11.7. The fourth-order valence-electron chi connectivity index (χ4n) is 1.60. The monoisotopic (exact) mass is 289 g/mol. The third kappa shape index (κ3) is 3.41. The molecule has 0 aliphatic carbocycles. The first kappa shape index (κ1) is 14.2. The number of hydrazone groups is 1. The fourth-order valence-corrected chi connectivity index (χ4v) is 1.60. The van der Waals surface area contributed by atoms with E-state index in [4.69, 9.17) is 0 Å². The number of nitro benzene ring substituents is 1. The molecule has 0 radical (unpaired) electrons. The van der Waals surface area contributed by atoms with E-state index < -0.39 is 10.8 Å². The Hall–Kier alpha value is -3.23. The maximum absolute atomic E-state index is 11.7. The highest BCUT2D eigenvalue weighted by molar-refractivity contribution is 5.93. The molecule has 9 heteroatoms. The van der Waals surface area contributed by atoms with E-state index >= 15 is 0 Å². The Labute approximate surface area is 118 Å². The van der Waals surface area contributed by atoms with E-state index in [0.29, 0.717) is 5.56 Å². The molecule has 1 heterocycles. The number of hydrogen-bond acceptors (Lipinski definition) is 5. The molecule has 9 nitrogen and oxygen atoms in total. The van der Waals surface area contributed by atoms with Gasteiger partial charge in [0.1, 0.15) is 5.69 Å². The van der Waals surface area contributed by atoms with Crippen molar-refractivity contribution in [1.29, 1.82) is 0 Å². The zero-order valence-electron chi connectivity index (χ0n) is 10.9. The lowest BCUT2D eigenvalue weighted by Crippen LogP contribution is -2.20. The van der Waals surface area contributed by atoms with Crippen LogP contribution in [0, 0.1) is 10.1 Å². The third-order valence-electron chi connectivity index (χ3n) is 2.62. The average molecular weight is 289 g/mol. The molecule has 2 N–H and O–H groups in total. The summed E-state index contributed by atoms with van der Waals surface area (Å²) in [5.74, 6) is -0.547. The second-order valence-corrected chi connectivity index (χ2v) is 4.11. The molecule has 2 aromatic rings. The first-order chi connectivity index (χ1) is 9.97. The van der Waals surface area contributed by atoms with E-state index in [0.717, 1.165) is 6.07 Å². The first-order valence-electron chi connectivity index (χ1n) is 5.81. The van der Waals surface area contributed by atoms with Crippen LogP contribution in [0.15, 0.2) is 40.2 Å². The van der Waals surface area contributed by atoms with Crippen LogP contribution in [-0.2, 0) is 7.05 Å². The van der Waals surface area contributed by atoms with Gasteiger partial charge in [0.05, 0.1) is 11.1 Å². The van der Waals surface area contributed by atoms with Crippen molar-refractivity contribution in [2.75, 3.05) is 0 Å². The second kappa shape index (κ2) is 5.82. The van der Waals surface area contributed by atoms with Crippen molar-refractivity contribution in [2.45, 2.75) is 0 Å². The molecule has 0 unspecified atom stereocenters. The van der Waals surface area contributed by atoms with Crippen LogP contribution in [0.4, 0.5) is 5.69 Å². The summed E-state index contributed by atoms with van der Waals surface area (Å²) in [6.45, 7) is 0. The Morgan fingerprint density at radius 2 is 2.10 bits per heavy atom. The lowest BCUT2D eigenvalue weighted by molar-refractivity contribution is -0.384. The van der Waals surface area contributed by atoms with E-state index in [-0.39, 0.29) is 16.9 Å². The van der Waals surface area contributed by atoms with Crippen molar-refractivity contribution in [3.8, 4) is 0 Å². The van der Waals surface area contributed by atoms with Crippen LogP contribution in [0.25, 0.3) is 0 Å². The quantitative estimate of drug-likeness (QED) is 0.480. The molecule has 21 heavy (non-hydrogen) atoms. The number of rotatable bonds is 4. The Morgan fingerprint density at radius 1 is 1.43 bits per heavy atom. The van der Waals surface area contributed by atoms with Crippen molar-refractivity contribution < 1.29 is 9.72 Å². The molecule has 1 amide bonds. The van der Waals surface area contributed by atoms with Crippen molar-refractivity contribution in [3.05, 3.63) is 62.1 Å². The molecule has 1 aromatic heterocycles. The van der Waals surface area contributed by atoms with Gasteiger partial charge in [0.2, 0.25) is 0 Å².